The topological polar surface area (TPSA) is 37.4 Å². The van der Waals surface area contributed by atoms with E-state index in [2.05, 4.69) is 0 Å². The summed E-state index contributed by atoms with van der Waals surface area (Å²) in [7, 11) is 1.34. The summed E-state index contributed by atoms with van der Waals surface area (Å²) in [6.45, 7) is 0. The van der Waals surface area contributed by atoms with Gasteiger partial charge < -0.3 is 0 Å². The smallest absolute Gasteiger partial charge is 0.237 e. The normalized spacial score (nSPS) is 20.7. The van der Waals surface area contributed by atoms with Crippen LogP contribution in [-0.2, 0) is 9.59 Å². The van der Waals surface area contributed by atoms with Crippen LogP contribution in [0.2, 0.25) is 0 Å². The highest BCUT2D eigenvalue weighted by atomic mass is 19.1. The Labute approximate surface area is 90.7 Å². The van der Waals surface area contributed by atoms with Gasteiger partial charge in [0.05, 0.1) is 5.92 Å². The third-order valence-electron chi connectivity index (χ3n) is 2.71. The van der Waals surface area contributed by atoms with Crippen molar-refractivity contribution in [3.05, 3.63) is 35.4 Å². The molecule has 0 aromatic heterocycles. The summed E-state index contributed by atoms with van der Waals surface area (Å²) in [6, 6.07) is 2.90. The standard InChI is InChI=1S/C11H9F2NO2/c1-14-10(15)5-8(11(14)16)7-4-6(12)2-3-9(7)13/h2-4,8H,5H2,1H3. The molecule has 1 unspecified atom stereocenters. The van der Waals surface area contributed by atoms with Crippen LogP contribution in [0.1, 0.15) is 17.9 Å². The molecule has 0 N–H and O–H groups in total. The molecule has 0 aliphatic carbocycles. The highest BCUT2D eigenvalue weighted by Crippen LogP contribution is 2.30. The number of imide groups is 1. The Balaban J connectivity index is 2.42. The molecule has 0 radical (unpaired) electrons. The van der Waals surface area contributed by atoms with Crippen LogP contribution >= 0.6 is 0 Å². The zero-order chi connectivity index (χ0) is 11.9. The molecule has 3 nitrogen and oxygen atoms in total. The number of hydrogen-bond donors (Lipinski definition) is 0. The van der Waals surface area contributed by atoms with Crippen LogP contribution in [0.3, 0.4) is 0 Å². The molecule has 1 aromatic rings. The predicted octanol–water partition coefficient (Wildman–Crippen LogP) is 1.44. The number of likely N-dealkylation sites (tertiary alicyclic amines) is 1. The molecule has 2 rings (SSSR count). The molecular formula is C11H9F2NO2. The van der Waals surface area contributed by atoms with Gasteiger partial charge in [-0.2, -0.15) is 0 Å². The van der Waals surface area contributed by atoms with Crippen molar-refractivity contribution in [1.82, 2.24) is 4.90 Å². The third-order valence-corrected chi connectivity index (χ3v) is 2.71. The first-order valence-electron chi connectivity index (χ1n) is 4.76. The first-order chi connectivity index (χ1) is 7.50. The Kier molecular flexibility index (Phi) is 2.46. The molecule has 0 bridgehead atoms. The van der Waals surface area contributed by atoms with Gasteiger partial charge in [0.2, 0.25) is 11.8 Å². The number of carbonyl (C=O) groups excluding carboxylic acids is 2. The summed E-state index contributed by atoms with van der Waals surface area (Å²) in [5.41, 5.74) is -0.0531. The molecule has 1 atom stereocenters. The lowest BCUT2D eigenvalue weighted by Gasteiger charge is -2.09. The van der Waals surface area contributed by atoms with Gasteiger partial charge in [0.1, 0.15) is 11.6 Å². The van der Waals surface area contributed by atoms with Gasteiger partial charge in [-0.15, -0.1) is 0 Å². The minimum absolute atomic E-state index is 0.0531. The van der Waals surface area contributed by atoms with Crippen LogP contribution in [0, 0.1) is 11.6 Å². The summed E-state index contributed by atoms with van der Waals surface area (Å²) in [6.07, 6.45) is -0.101. The Morgan fingerprint density at radius 2 is 2.00 bits per heavy atom. The van der Waals surface area contributed by atoms with Crippen LogP contribution in [0.15, 0.2) is 18.2 Å². The highest BCUT2D eigenvalue weighted by molar-refractivity contribution is 6.05. The van der Waals surface area contributed by atoms with Gasteiger partial charge in [0.25, 0.3) is 0 Å². The number of likely N-dealkylation sites (N-methyl/N-ethyl adjacent to an activating group) is 1. The van der Waals surface area contributed by atoms with Gasteiger partial charge in [0.15, 0.2) is 0 Å². The van der Waals surface area contributed by atoms with E-state index in [0.717, 1.165) is 23.1 Å². The first-order valence-corrected chi connectivity index (χ1v) is 4.76. The van der Waals surface area contributed by atoms with Gasteiger partial charge in [-0.1, -0.05) is 0 Å². The fourth-order valence-electron chi connectivity index (χ4n) is 1.78. The SMILES string of the molecule is CN1C(=O)CC(c2cc(F)ccc2F)C1=O. The van der Waals surface area contributed by atoms with Gasteiger partial charge in [0, 0.05) is 19.0 Å². The summed E-state index contributed by atoms with van der Waals surface area (Å²) in [4.78, 5) is 23.8. The second-order valence-corrected chi connectivity index (χ2v) is 3.71. The van der Waals surface area contributed by atoms with Crippen molar-refractivity contribution in [3.8, 4) is 0 Å². The van der Waals surface area contributed by atoms with E-state index in [1.807, 2.05) is 0 Å². The fraction of sp³-hybridized carbons (Fsp3) is 0.273. The number of nitrogens with zero attached hydrogens (tertiary/aromatic N) is 1. The molecule has 1 saturated heterocycles. The molecule has 1 aliphatic heterocycles. The molecule has 0 spiro atoms. The zero-order valence-corrected chi connectivity index (χ0v) is 8.54. The maximum absolute atomic E-state index is 13.4. The molecule has 2 amide bonds. The van der Waals surface area contributed by atoms with E-state index in [0.29, 0.717) is 0 Å². The Hall–Kier alpha value is -1.78. The largest absolute Gasteiger partial charge is 0.285 e. The molecule has 1 aliphatic rings. The Morgan fingerprint density at radius 1 is 1.31 bits per heavy atom. The van der Waals surface area contributed by atoms with Crippen molar-refractivity contribution in [2.45, 2.75) is 12.3 Å². The van der Waals surface area contributed by atoms with Crippen molar-refractivity contribution in [2.75, 3.05) is 7.05 Å². The number of halogens is 2. The van der Waals surface area contributed by atoms with Crippen molar-refractivity contribution >= 4 is 11.8 Å². The van der Waals surface area contributed by atoms with E-state index in [-0.39, 0.29) is 17.9 Å². The number of amides is 2. The maximum Gasteiger partial charge on any atom is 0.237 e. The molecule has 1 aromatic carbocycles. The van der Waals surface area contributed by atoms with E-state index in [1.54, 1.807) is 0 Å². The molecule has 1 heterocycles. The average molecular weight is 225 g/mol. The Morgan fingerprint density at radius 3 is 2.56 bits per heavy atom. The Bertz CT molecular complexity index is 473. The van der Waals surface area contributed by atoms with Crippen molar-refractivity contribution in [3.63, 3.8) is 0 Å². The van der Waals surface area contributed by atoms with Crippen molar-refractivity contribution < 1.29 is 18.4 Å². The fourth-order valence-corrected chi connectivity index (χ4v) is 1.78. The second-order valence-electron chi connectivity index (χ2n) is 3.71. The van der Waals surface area contributed by atoms with Crippen LogP contribution in [0.25, 0.3) is 0 Å². The number of benzene rings is 1. The number of rotatable bonds is 1. The van der Waals surface area contributed by atoms with Crippen LogP contribution in [0.5, 0.6) is 0 Å². The molecular weight excluding hydrogens is 216 g/mol. The van der Waals surface area contributed by atoms with Crippen LogP contribution < -0.4 is 0 Å². The van der Waals surface area contributed by atoms with Crippen molar-refractivity contribution in [2.24, 2.45) is 0 Å². The summed E-state index contributed by atoms with van der Waals surface area (Å²) >= 11 is 0. The van der Waals surface area contributed by atoms with E-state index >= 15 is 0 Å². The number of hydrogen-bond acceptors (Lipinski definition) is 2. The molecule has 5 heteroatoms. The predicted molar refractivity (Wildman–Crippen MR) is 51.5 cm³/mol. The van der Waals surface area contributed by atoms with Crippen LogP contribution in [-0.4, -0.2) is 23.8 Å². The van der Waals surface area contributed by atoms with Crippen LogP contribution in [0.4, 0.5) is 8.78 Å². The second kappa shape index (κ2) is 3.66. The first kappa shape index (κ1) is 10.7. The van der Waals surface area contributed by atoms with E-state index in [9.17, 15) is 18.4 Å². The van der Waals surface area contributed by atoms with Gasteiger partial charge >= 0.3 is 0 Å². The number of carbonyl (C=O) groups is 2. The van der Waals surface area contributed by atoms with E-state index in [1.165, 1.54) is 7.05 Å². The minimum Gasteiger partial charge on any atom is -0.285 e. The quantitative estimate of drug-likeness (QED) is 0.678. The minimum atomic E-state index is -0.895. The maximum atomic E-state index is 13.4. The molecule has 1 fully saturated rings. The van der Waals surface area contributed by atoms with Gasteiger partial charge in [-0.05, 0) is 18.2 Å². The zero-order valence-electron chi connectivity index (χ0n) is 8.54. The van der Waals surface area contributed by atoms with E-state index < -0.39 is 23.5 Å². The van der Waals surface area contributed by atoms with E-state index in [4.69, 9.17) is 0 Å². The summed E-state index contributed by atoms with van der Waals surface area (Å²) < 4.78 is 26.3. The van der Waals surface area contributed by atoms with Gasteiger partial charge in [-0.25, -0.2) is 8.78 Å². The molecule has 84 valence electrons. The molecule has 0 saturated carbocycles. The lowest BCUT2D eigenvalue weighted by Crippen LogP contribution is -2.25. The monoisotopic (exact) mass is 225 g/mol. The average Bonchev–Trinajstić information content (AvgIpc) is 2.50. The third kappa shape index (κ3) is 1.58. The summed E-state index contributed by atoms with van der Waals surface area (Å²) in [5, 5.41) is 0. The summed E-state index contributed by atoms with van der Waals surface area (Å²) in [5.74, 6) is -3.05. The lowest BCUT2D eigenvalue weighted by atomic mass is 9.97. The molecule has 16 heavy (non-hydrogen) atoms. The van der Waals surface area contributed by atoms with Crippen molar-refractivity contribution in [1.29, 1.82) is 0 Å². The lowest BCUT2D eigenvalue weighted by molar-refractivity contribution is -0.137. The van der Waals surface area contributed by atoms with Gasteiger partial charge in [-0.3, -0.25) is 14.5 Å². The highest BCUT2D eigenvalue weighted by Gasteiger charge is 2.38.